The minimum absolute atomic E-state index is 0.0228. The van der Waals surface area contributed by atoms with E-state index in [-0.39, 0.29) is 18.0 Å². The number of nitro benzene ring substituents is 1. The average Bonchev–Trinajstić information content (AvgIpc) is 2.41. The van der Waals surface area contributed by atoms with E-state index >= 15 is 0 Å². The molecule has 0 aromatic heterocycles. The van der Waals surface area contributed by atoms with Crippen molar-refractivity contribution < 1.29 is 9.72 Å². The lowest BCUT2D eigenvalue weighted by atomic mass is 10.1. The number of aryl methyl sites for hydroxylation is 1. The minimum Gasteiger partial charge on any atom is -0.326 e. The first-order chi connectivity index (χ1) is 9.56. The molecule has 0 heterocycles. The Morgan fingerprint density at radius 3 is 2.45 bits per heavy atom. The van der Waals surface area contributed by atoms with Crippen LogP contribution in [0.15, 0.2) is 48.5 Å². The molecule has 2 aromatic rings. The van der Waals surface area contributed by atoms with Crippen molar-refractivity contribution in [2.24, 2.45) is 0 Å². The Bertz CT molecular complexity index is 636. The van der Waals surface area contributed by atoms with Crippen molar-refractivity contribution >= 4 is 17.3 Å². The Morgan fingerprint density at radius 2 is 1.80 bits per heavy atom. The molecule has 0 saturated heterocycles. The summed E-state index contributed by atoms with van der Waals surface area (Å²) in [6.45, 7) is 1.96. The first kappa shape index (κ1) is 13.7. The second kappa shape index (κ2) is 5.97. The predicted molar refractivity (Wildman–Crippen MR) is 76.6 cm³/mol. The summed E-state index contributed by atoms with van der Waals surface area (Å²) in [6.07, 6.45) is -0.0228. The van der Waals surface area contributed by atoms with Crippen molar-refractivity contribution in [2.45, 2.75) is 13.3 Å². The number of rotatable bonds is 4. The van der Waals surface area contributed by atoms with Crippen LogP contribution in [0, 0.1) is 17.0 Å². The molecule has 102 valence electrons. The van der Waals surface area contributed by atoms with Gasteiger partial charge in [0.1, 0.15) is 0 Å². The fourth-order valence-corrected chi connectivity index (χ4v) is 1.85. The van der Waals surface area contributed by atoms with Gasteiger partial charge in [0, 0.05) is 17.3 Å². The van der Waals surface area contributed by atoms with E-state index in [9.17, 15) is 14.9 Å². The van der Waals surface area contributed by atoms with Gasteiger partial charge in [0.15, 0.2) is 0 Å². The van der Waals surface area contributed by atoms with E-state index in [1.807, 2.05) is 19.1 Å². The molecule has 2 rings (SSSR count). The number of amides is 1. The van der Waals surface area contributed by atoms with Gasteiger partial charge in [0.2, 0.25) is 5.91 Å². The van der Waals surface area contributed by atoms with Gasteiger partial charge in [0.25, 0.3) is 5.69 Å². The number of hydrogen-bond donors (Lipinski definition) is 1. The third-order valence-corrected chi connectivity index (χ3v) is 2.87. The summed E-state index contributed by atoms with van der Waals surface area (Å²) < 4.78 is 0. The molecular formula is C15H14N2O3. The standard InChI is InChI=1S/C15H14N2O3/c1-11-6-8-13(9-7-11)16-15(18)10-12-4-2-3-5-14(12)17(19)20/h2-9H,10H2,1H3,(H,16,18). The number of nitrogens with zero attached hydrogens (tertiary/aromatic N) is 1. The Hall–Kier alpha value is -2.69. The van der Waals surface area contributed by atoms with Gasteiger partial charge in [-0.2, -0.15) is 0 Å². The second-order valence-corrected chi connectivity index (χ2v) is 4.48. The maximum absolute atomic E-state index is 11.9. The summed E-state index contributed by atoms with van der Waals surface area (Å²) in [5.74, 6) is -0.275. The van der Waals surface area contributed by atoms with Gasteiger partial charge in [-0.15, -0.1) is 0 Å². The van der Waals surface area contributed by atoms with Crippen LogP contribution in [0.4, 0.5) is 11.4 Å². The molecule has 0 bridgehead atoms. The molecule has 0 unspecified atom stereocenters. The molecule has 1 amide bonds. The van der Waals surface area contributed by atoms with Gasteiger partial charge in [0.05, 0.1) is 11.3 Å². The molecule has 0 atom stereocenters. The van der Waals surface area contributed by atoms with E-state index in [1.54, 1.807) is 30.3 Å². The second-order valence-electron chi connectivity index (χ2n) is 4.48. The quantitative estimate of drug-likeness (QED) is 0.685. The summed E-state index contributed by atoms with van der Waals surface area (Å²) in [5.41, 5.74) is 2.15. The monoisotopic (exact) mass is 270 g/mol. The molecule has 0 aliphatic heterocycles. The molecule has 0 aliphatic carbocycles. The van der Waals surface area contributed by atoms with Crippen molar-refractivity contribution in [3.8, 4) is 0 Å². The zero-order chi connectivity index (χ0) is 14.5. The zero-order valence-electron chi connectivity index (χ0n) is 11.0. The highest BCUT2D eigenvalue weighted by atomic mass is 16.6. The lowest BCUT2D eigenvalue weighted by Gasteiger charge is -2.06. The fraction of sp³-hybridized carbons (Fsp3) is 0.133. The van der Waals surface area contributed by atoms with Crippen LogP contribution < -0.4 is 5.32 Å². The zero-order valence-corrected chi connectivity index (χ0v) is 11.0. The van der Waals surface area contributed by atoms with Crippen molar-refractivity contribution in [2.75, 3.05) is 5.32 Å². The van der Waals surface area contributed by atoms with Crippen molar-refractivity contribution in [1.29, 1.82) is 0 Å². The summed E-state index contributed by atoms with van der Waals surface area (Å²) in [4.78, 5) is 22.3. The molecule has 20 heavy (non-hydrogen) atoms. The number of nitro groups is 1. The topological polar surface area (TPSA) is 72.2 Å². The van der Waals surface area contributed by atoms with Crippen LogP contribution in [0.1, 0.15) is 11.1 Å². The van der Waals surface area contributed by atoms with E-state index in [4.69, 9.17) is 0 Å². The number of anilines is 1. The fourth-order valence-electron chi connectivity index (χ4n) is 1.85. The molecule has 0 spiro atoms. The number of nitrogens with one attached hydrogen (secondary N) is 1. The van der Waals surface area contributed by atoms with Crippen LogP contribution in [-0.4, -0.2) is 10.8 Å². The van der Waals surface area contributed by atoms with E-state index in [0.717, 1.165) is 5.56 Å². The van der Waals surface area contributed by atoms with Crippen LogP contribution >= 0.6 is 0 Å². The molecule has 5 nitrogen and oxygen atoms in total. The molecular weight excluding hydrogens is 256 g/mol. The van der Waals surface area contributed by atoms with Crippen LogP contribution in [0.2, 0.25) is 0 Å². The summed E-state index contributed by atoms with van der Waals surface area (Å²) in [5, 5.41) is 13.6. The highest BCUT2D eigenvalue weighted by molar-refractivity contribution is 5.92. The molecule has 0 saturated carbocycles. The van der Waals surface area contributed by atoms with E-state index in [0.29, 0.717) is 11.3 Å². The van der Waals surface area contributed by atoms with Crippen LogP contribution in [0.25, 0.3) is 0 Å². The maximum atomic E-state index is 11.9. The maximum Gasteiger partial charge on any atom is 0.273 e. The lowest BCUT2D eigenvalue weighted by molar-refractivity contribution is -0.385. The molecule has 2 aromatic carbocycles. The van der Waals surface area contributed by atoms with Crippen molar-refractivity contribution in [3.63, 3.8) is 0 Å². The van der Waals surface area contributed by atoms with Crippen molar-refractivity contribution in [3.05, 3.63) is 69.8 Å². The number of carbonyl (C=O) groups excluding carboxylic acids is 1. The normalized spacial score (nSPS) is 10.1. The number of carbonyl (C=O) groups is 1. The molecule has 0 aliphatic rings. The molecule has 0 fully saturated rings. The van der Waals surface area contributed by atoms with Gasteiger partial charge >= 0.3 is 0 Å². The highest BCUT2D eigenvalue weighted by Crippen LogP contribution is 2.18. The van der Waals surface area contributed by atoms with Crippen LogP contribution in [0.3, 0.4) is 0 Å². The molecule has 1 N–H and O–H groups in total. The predicted octanol–water partition coefficient (Wildman–Crippen LogP) is 3.08. The Balaban J connectivity index is 2.08. The van der Waals surface area contributed by atoms with Crippen LogP contribution in [-0.2, 0) is 11.2 Å². The van der Waals surface area contributed by atoms with Gasteiger partial charge in [-0.25, -0.2) is 0 Å². The molecule has 5 heteroatoms. The Kier molecular flexibility index (Phi) is 4.10. The third-order valence-electron chi connectivity index (χ3n) is 2.87. The van der Waals surface area contributed by atoms with Crippen molar-refractivity contribution in [1.82, 2.24) is 0 Å². The first-order valence-corrected chi connectivity index (χ1v) is 6.15. The summed E-state index contributed by atoms with van der Waals surface area (Å²) in [7, 11) is 0. The average molecular weight is 270 g/mol. The van der Waals surface area contributed by atoms with E-state index in [1.165, 1.54) is 6.07 Å². The summed E-state index contributed by atoms with van der Waals surface area (Å²) in [6, 6.07) is 13.6. The van der Waals surface area contributed by atoms with Gasteiger partial charge < -0.3 is 5.32 Å². The number of hydrogen-bond acceptors (Lipinski definition) is 3. The lowest BCUT2D eigenvalue weighted by Crippen LogP contribution is -2.15. The minimum atomic E-state index is -0.478. The van der Waals surface area contributed by atoms with Crippen LogP contribution in [0.5, 0.6) is 0 Å². The van der Waals surface area contributed by atoms with Gasteiger partial charge in [-0.3, -0.25) is 14.9 Å². The number of benzene rings is 2. The van der Waals surface area contributed by atoms with E-state index < -0.39 is 4.92 Å². The third kappa shape index (κ3) is 3.41. The smallest absolute Gasteiger partial charge is 0.273 e. The SMILES string of the molecule is Cc1ccc(NC(=O)Cc2ccccc2[N+](=O)[O-])cc1. The summed E-state index contributed by atoms with van der Waals surface area (Å²) >= 11 is 0. The van der Waals surface area contributed by atoms with Gasteiger partial charge in [-0.1, -0.05) is 35.9 Å². The first-order valence-electron chi connectivity index (χ1n) is 6.15. The highest BCUT2D eigenvalue weighted by Gasteiger charge is 2.15. The molecule has 0 radical (unpaired) electrons. The number of para-hydroxylation sites is 1. The Morgan fingerprint density at radius 1 is 1.15 bits per heavy atom. The van der Waals surface area contributed by atoms with E-state index in [2.05, 4.69) is 5.32 Å². The Labute approximate surface area is 116 Å². The van der Waals surface area contributed by atoms with Gasteiger partial charge in [-0.05, 0) is 19.1 Å². The largest absolute Gasteiger partial charge is 0.326 e.